The first kappa shape index (κ1) is 15.6. The highest BCUT2D eigenvalue weighted by Gasteiger charge is 2.16. The Bertz CT molecular complexity index is 973. The summed E-state index contributed by atoms with van der Waals surface area (Å²) >= 11 is 0. The monoisotopic (exact) mass is 318 g/mol. The molecule has 1 aromatic heterocycles. The minimum absolute atomic E-state index is 0.513. The second-order valence-electron chi connectivity index (χ2n) is 5.59. The normalized spacial score (nSPS) is 10.4. The molecule has 0 fully saturated rings. The van der Waals surface area contributed by atoms with Crippen LogP contribution >= 0.6 is 0 Å². The lowest BCUT2D eigenvalue weighted by Crippen LogP contribution is -2.02. The third kappa shape index (κ3) is 2.59. The highest BCUT2D eigenvalue weighted by Crippen LogP contribution is 2.35. The number of ether oxygens (including phenoxy) is 1. The van der Waals surface area contributed by atoms with E-state index in [1.165, 1.54) is 0 Å². The van der Waals surface area contributed by atoms with Crippen LogP contribution in [0.5, 0.6) is 5.75 Å². The van der Waals surface area contributed by atoms with Crippen molar-refractivity contribution in [2.75, 3.05) is 18.2 Å². The summed E-state index contributed by atoms with van der Waals surface area (Å²) in [5.41, 5.74) is 11.2. The van der Waals surface area contributed by atoms with E-state index in [9.17, 15) is 5.26 Å². The van der Waals surface area contributed by atoms with E-state index in [4.69, 9.17) is 10.5 Å². The van der Waals surface area contributed by atoms with Gasteiger partial charge in [-0.25, -0.2) is 0 Å². The number of nitriles is 1. The number of nitrogens with zero attached hydrogens (tertiary/aromatic N) is 2. The number of nitrogens with one attached hydrogen (secondary N) is 1. The summed E-state index contributed by atoms with van der Waals surface area (Å²) in [5.74, 6) is 0.741. The molecule has 0 bridgehead atoms. The van der Waals surface area contributed by atoms with Gasteiger partial charge in [-0.05, 0) is 43.7 Å². The van der Waals surface area contributed by atoms with Gasteiger partial charge >= 0.3 is 0 Å². The van der Waals surface area contributed by atoms with Gasteiger partial charge in [0.1, 0.15) is 11.8 Å². The van der Waals surface area contributed by atoms with Crippen LogP contribution in [0.2, 0.25) is 0 Å². The lowest BCUT2D eigenvalue weighted by Gasteiger charge is -2.16. The highest BCUT2D eigenvalue weighted by molar-refractivity contribution is 6.00. The number of hydrogen-bond acceptors (Lipinski definition) is 5. The zero-order valence-electron chi connectivity index (χ0n) is 13.8. The number of aromatic nitrogens is 1. The maximum atomic E-state index is 9.61. The van der Waals surface area contributed by atoms with Crippen molar-refractivity contribution in [2.45, 2.75) is 13.8 Å². The van der Waals surface area contributed by atoms with Gasteiger partial charge in [-0.1, -0.05) is 6.07 Å². The molecule has 0 aliphatic carbocycles. The fourth-order valence-corrected chi connectivity index (χ4v) is 2.77. The molecule has 0 radical (unpaired) electrons. The van der Waals surface area contributed by atoms with Crippen LogP contribution in [-0.2, 0) is 0 Å². The maximum Gasteiger partial charge on any atom is 0.120 e. The van der Waals surface area contributed by atoms with Crippen LogP contribution in [0, 0.1) is 25.2 Å². The minimum Gasteiger partial charge on any atom is -0.497 e. The molecule has 0 atom stereocenters. The van der Waals surface area contributed by atoms with Gasteiger partial charge in [-0.3, -0.25) is 4.98 Å². The number of nitrogens with two attached hydrogens (primary N) is 1. The van der Waals surface area contributed by atoms with Crippen molar-refractivity contribution in [3.8, 4) is 11.8 Å². The van der Waals surface area contributed by atoms with Crippen molar-refractivity contribution >= 4 is 28.0 Å². The number of fused-ring (bicyclic) bond motifs is 1. The molecule has 0 saturated carbocycles. The largest absolute Gasteiger partial charge is 0.497 e. The fraction of sp³-hybridized carbons (Fsp3) is 0.158. The molecule has 0 amide bonds. The van der Waals surface area contributed by atoms with Crippen LogP contribution in [0.1, 0.15) is 16.8 Å². The van der Waals surface area contributed by atoms with Crippen LogP contribution in [0.15, 0.2) is 36.4 Å². The number of aryl methyl sites for hydroxylation is 2. The first-order chi connectivity index (χ1) is 11.5. The van der Waals surface area contributed by atoms with Crippen molar-refractivity contribution in [2.24, 2.45) is 0 Å². The molecule has 120 valence electrons. The Morgan fingerprint density at radius 1 is 1.21 bits per heavy atom. The van der Waals surface area contributed by atoms with Crippen LogP contribution in [0.4, 0.5) is 17.1 Å². The molecule has 2 aromatic carbocycles. The average Bonchev–Trinajstić information content (AvgIpc) is 2.58. The van der Waals surface area contributed by atoms with E-state index in [0.29, 0.717) is 16.9 Å². The summed E-state index contributed by atoms with van der Waals surface area (Å²) in [6, 6.07) is 13.5. The SMILES string of the molecule is COc1cccc(Nc2c(C#N)c(C)nc3ccc(N)c(C)c23)c1. The van der Waals surface area contributed by atoms with E-state index in [0.717, 1.165) is 33.6 Å². The highest BCUT2D eigenvalue weighted by atomic mass is 16.5. The van der Waals surface area contributed by atoms with E-state index in [-0.39, 0.29) is 0 Å². The molecule has 0 spiro atoms. The van der Waals surface area contributed by atoms with Gasteiger partial charge in [0.05, 0.1) is 29.6 Å². The second-order valence-corrected chi connectivity index (χ2v) is 5.59. The van der Waals surface area contributed by atoms with Gasteiger partial charge in [0.15, 0.2) is 0 Å². The Morgan fingerprint density at radius 3 is 2.71 bits per heavy atom. The van der Waals surface area contributed by atoms with Gasteiger partial charge in [0.25, 0.3) is 0 Å². The quantitative estimate of drug-likeness (QED) is 0.711. The standard InChI is InChI=1S/C19H18N4O/c1-11-16(21)7-8-17-18(11)19(15(10-20)12(2)22-17)23-13-5-4-6-14(9-13)24-3/h4-9H,21H2,1-3H3,(H,22,23). The maximum absolute atomic E-state index is 9.61. The van der Waals surface area contributed by atoms with Crippen molar-refractivity contribution in [3.05, 3.63) is 53.2 Å². The molecule has 0 unspecified atom stereocenters. The molecule has 24 heavy (non-hydrogen) atoms. The van der Waals surface area contributed by atoms with Crippen LogP contribution in [0.25, 0.3) is 10.9 Å². The molecular weight excluding hydrogens is 300 g/mol. The molecule has 0 saturated heterocycles. The Hall–Kier alpha value is -3.26. The molecule has 1 heterocycles. The van der Waals surface area contributed by atoms with E-state index in [2.05, 4.69) is 16.4 Å². The zero-order valence-corrected chi connectivity index (χ0v) is 13.8. The van der Waals surface area contributed by atoms with Gasteiger partial charge < -0.3 is 15.8 Å². The summed E-state index contributed by atoms with van der Waals surface area (Å²) in [7, 11) is 1.62. The fourth-order valence-electron chi connectivity index (χ4n) is 2.77. The van der Waals surface area contributed by atoms with Gasteiger partial charge in [0.2, 0.25) is 0 Å². The lowest BCUT2D eigenvalue weighted by molar-refractivity contribution is 0.415. The molecule has 5 heteroatoms. The first-order valence-corrected chi connectivity index (χ1v) is 7.55. The summed E-state index contributed by atoms with van der Waals surface area (Å²) in [6.45, 7) is 3.77. The number of hydrogen-bond donors (Lipinski definition) is 2. The summed E-state index contributed by atoms with van der Waals surface area (Å²) in [6.07, 6.45) is 0. The Labute approximate surface area is 140 Å². The van der Waals surface area contributed by atoms with E-state index in [1.807, 2.05) is 50.2 Å². The third-order valence-electron chi connectivity index (χ3n) is 4.09. The average molecular weight is 318 g/mol. The van der Waals surface area contributed by atoms with E-state index >= 15 is 0 Å². The summed E-state index contributed by atoms with van der Waals surface area (Å²) in [4.78, 5) is 4.54. The van der Waals surface area contributed by atoms with Crippen molar-refractivity contribution < 1.29 is 4.74 Å². The molecule has 3 N–H and O–H groups in total. The Balaban J connectivity index is 2.28. The van der Waals surface area contributed by atoms with E-state index in [1.54, 1.807) is 7.11 Å². The Morgan fingerprint density at radius 2 is 2.00 bits per heavy atom. The second kappa shape index (κ2) is 6.09. The van der Waals surface area contributed by atoms with Gasteiger partial charge in [-0.15, -0.1) is 0 Å². The van der Waals surface area contributed by atoms with Crippen molar-refractivity contribution in [1.29, 1.82) is 5.26 Å². The number of pyridine rings is 1. The van der Waals surface area contributed by atoms with Crippen molar-refractivity contribution in [3.63, 3.8) is 0 Å². The number of anilines is 3. The molecule has 3 rings (SSSR count). The molecule has 3 aromatic rings. The third-order valence-corrected chi connectivity index (χ3v) is 4.09. The predicted molar refractivity (Wildman–Crippen MR) is 96.6 cm³/mol. The first-order valence-electron chi connectivity index (χ1n) is 7.55. The minimum atomic E-state index is 0.513. The zero-order chi connectivity index (χ0) is 17.3. The predicted octanol–water partition coefficient (Wildman–Crippen LogP) is 4.06. The Kier molecular flexibility index (Phi) is 3.97. The van der Waals surface area contributed by atoms with Gasteiger partial charge in [-0.2, -0.15) is 5.26 Å². The summed E-state index contributed by atoms with van der Waals surface area (Å²) in [5, 5.41) is 13.8. The topological polar surface area (TPSA) is 84.0 Å². The smallest absolute Gasteiger partial charge is 0.120 e. The number of benzene rings is 2. The molecular formula is C19H18N4O. The number of nitrogen functional groups attached to an aromatic ring is 1. The number of rotatable bonds is 3. The molecule has 0 aliphatic heterocycles. The molecule has 0 aliphatic rings. The van der Waals surface area contributed by atoms with Crippen LogP contribution in [0.3, 0.4) is 0 Å². The van der Waals surface area contributed by atoms with Crippen LogP contribution < -0.4 is 15.8 Å². The van der Waals surface area contributed by atoms with Gasteiger partial charge in [0, 0.05) is 22.8 Å². The summed E-state index contributed by atoms with van der Waals surface area (Å²) < 4.78 is 5.27. The number of methoxy groups -OCH3 is 1. The van der Waals surface area contributed by atoms with Crippen molar-refractivity contribution in [1.82, 2.24) is 4.98 Å². The molecule has 5 nitrogen and oxygen atoms in total. The van der Waals surface area contributed by atoms with Crippen LogP contribution in [-0.4, -0.2) is 12.1 Å². The van der Waals surface area contributed by atoms with E-state index < -0.39 is 0 Å². The lowest BCUT2D eigenvalue weighted by atomic mass is 10.0.